The van der Waals surface area contributed by atoms with Crippen molar-refractivity contribution in [3.63, 3.8) is 0 Å². The van der Waals surface area contributed by atoms with Gasteiger partial charge < -0.3 is 97.4 Å². The Kier molecular flexibility index (Phi) is 61.7. The van der Waals surface area contributed by atoms with E-state index in [0.29, 0.717) is 31.1 Å². The zero-order chi connectivity index (χ0) is 30.9. The van der Waals surface area contributed by atoms with E-state index >= 15 is 0 Å². The SMILES string of the molecule is CC(C)NC(=S)[S-].CC(C)NC(=S)[S-].CC(C)NC(=S)[S-].[CH2-]CCCCCCCCCCCCCCCCC.[Zn+2].[Zn+2]. The number of unbranched alkanes of at least 4 members (excludes halogenated alkanes) is 15. The van der Waals surface area contributed by atoms with Gasteiger partial charge in [-0.25, -0.2) is 0 Å². The Balaban J connectivity index is -0.000000111. The maximum atomic E-state index is 4.58. The Labute approximate surface area is 315 Å². The molecule has 236 valence electrons. The molecule has 11 heteroatoms. The molecule has 0 heterocycles. The third-order valence-electron chi connectivity index (χ3n) is 5.07. The molecule has 0 bridgehead atoms. The van der Waals surface area contributed by atoms with Crippen molar-refractivity contribution in [3.8, 4) is 0 Å². The van der Waals surface area contributed by atoms with Crippen LogP contribution >= 0.6 is 36.7 Å². The topological polar surface area (TPSA) is 36.1 Å². The van der Waals surface area contributed by atoms with Gasteiger partial charge in [-0.3, -0.25) is 0 Å². The van der Waals surface area contributed by atoms with Crippen molar-refractivity contribution in [2.75, 3.05) is 0 Å². The third-order valence-corrected chi connectivity index (χ3v) is 5.78. The van der Waals surface area contributed by atoms with Gasteiger partial charge in [0.2, 0.25) is 0 Å². The van der Waals surface area contributed by atoms with Gasteiger partial charge in [0.1, 0.15) is 0 Å². The monoisotopic (exact) mass is 783 g/mol. The van der Waals surface area contributed by atoms with Crippen molar-refractivity contribution in [2.45, 2.75) is 169 Å². The van der Waals surface area contributed by atoms with Crippen LogP contribution in [0.1, 0.15) is 151 Å². The molecule has 0 amide bonds. The van der Waals surface area contributed by atoms with Crippen LogP contribution in [0.25, 0.3) is 0 Å². The van der Waals surface area contributed by atoms with E-state index in [0.717, 1.165) is 6.42 Å². The Bertz CT molecular complexity index is 477. The van der Waals surface area contributed by atoms with Gasteiger partial charge in [0.15, 0.2) is 0 Å². The molecule has 3 nitrogen and oxygen atoms in total. The first kappa shape index (κ1) is 55.0. The molecule has 41 heavy (non-hydrogen) atoms. The molecule has 0 fully saturated rings. The summed E-state index contributed by atoms with van der Waals surface area (Å²) in [4.78, 5) is 0. The number of nitrogens with one attached hydrogen (secondary N) is 3. The largest absolute Gasteiger partial charge is 2.00 e. The maximum Gasteiger partial charge on any atom is 2.00 e. The summed E-state index contributed by atoms with van der Waals surface area (Å²) < 4.78 is 1.36. The average molecular weight is 787 g/mol. The summed E-state index contributed by atoms with van der Waals surface area (Å²) in [7, 11) is 0. The van der Waals surface area contributed by atoms with Crippen molar-refractivity contribution in [2.24, 2.45) is 0 Å². The van der Waals surface area contributed by atoms with Gasteiger partial charge in [0.25, 0.3) is 0 Å². The van der Waals surface area contributed by atoms with Gasteiger partial charge >= 0.3 is 39.0 Å². The molecule has 0 aliphatic rings. The number of hydrogen-bond acceptors (Lipinski definition) is 6. The van der Waals surface area contributed by atoms with Crippen LogP contribution in [0.4, 0.5) is 0 Å². The van der Waals surface area contributed by atoms with E-state index in [-0.39, 0.29) is 39.0 Å². The normalized spacial score (nSPS) is 9.44. The Hall–Kier alpha value is 1.58. The first-order valence-corrected chi connectivity index (χ1v) is 17.5. The predicted octanol–water partition coefficient (Wildman–Crippen LogP) is 9.53. The molecule has 0 aromatic heterocycles. The molecule has 0 aliphatic heterocycles. The second-order valence-electron chi connectivity index (χ2n) is 10.6. The smallest absolute Gasteiger partial charge is 0.412 e. The van der Waals surface area contributed by atoms with Crippen LogP contribution < -0.4 is 16.0 Å². The number of thiocarbonyl (C=S) groups is 3. The fourth-order valence-corrected chi connectivity index (χ4v) is 4.67. The van der Waals surface area contributed by atoms with Crippen molar-refractivity contribution in [1.82, 2.24) is 16.0 Å². The molecule has 0 saturated carbocycles. The first-order chi connectivity index (χ1) is 18.3. The van der Waals surface area contributed by atoms with E-state index in [4.69, 9.17) is 0 Å². The molecular weight excluding hydrogens is 726 g/mol. The van der Waals surface area contributed by atoms with E-state index in [2.05, 4.69) is 104 Å². The zero-order valence-corrected chi connectivity index (χ0v) is 38.4. The standard InChI is InChI=1S/C18H37.3C4H9NS2.2Zn/c1-3-5-7-9-11-13-15-17-18-16-14-12-10-8-6-4-2;3*1-3(2)5-4(6)7;;/h1,3-18H2,2H3;3*3H,1-2H3,(H2,5,6,7);;/q-1;;;;2*+2/p-3. The van der Waals surface area contributed by atoms with Crippen molar-refractivity contribution in [3.05, 3.63) is 6.92 Å². The Morgan fingerprint density at radius 3 is 0.805 bits per heavy atom. The molecule has 0 aliphatic carbocycles. The summed E-state index contributed by atoms with van der Waals surface area (Å²) >= 11 is 27.5. The molecule has 0 saturated heterocycles. The molecule has 3 N–H and O–H groups in total. The minimum atomic E-state index is 0. The van der Waals surface area contributed by atoms with Crippen LogP contribution in [0.2, 0.25) is 0 Å². The predicted molar refractivity (Wildman–Crippen MR) is 200 cm³/mol. The summed E-state index contributed by atoms with van der Waals surface area (Å²) in [6.07, 6.45) is 22.8. The summed E-state index contributed by atoms with van der Waals surface area (Å²) in [5.41, 5.74) is 0. The number of rotatable bonds is 18. The van der Waals surface area contributed by atoms with E-state index < -0.39 is 0 Å². The summed E-state index contributed by atoms with van der Waals surface area (Å²) in [6, 6.07) is 1.14. The molecule has 0 aromatic rings. The minimum absolute atomic E-state index is 0. The van der Waals surface area contributed by atoms with Crippen LogP contribution in [0.3, 0.4) is 0 Å². The van der Waals surface area contributed by atoms with E-state index in [9.17, 15) is 0 Å². The van der Waals surface area contributed by atoms with E-state index in [1.807, 2.05) is 41.5 Å². The Morgan fingerprint density at radius 1 is 0.488 bits per heavy atom. The average Bonchev–Trinajstić information content (AvgIpc) is 2.78. The molecule has 0 spiro atoms. The molecule has 0 unspecified atom stereocenters. The van der Waals surface area contributed by atoms with Crippen molar-refractivity contribution in [1.29, 1.82) is 0 Å². The third kappa shape index (κ3) is 79.7. The summed E-state index contributed by atoms with van der Waals surface area (Å²) in [5.74, 6) is 0. The van der Waals surface area contributed by atoms with Crippen LogP contribution in [-0.2, 0) is 76.8 Å². The van der Waals surface area contributed by atoms with Crippen LogP contribution in [-0.4, -0.2) is 31.1 Å². The fraction of sp³-hybridized carbons (Fsp3) is 0.867. The second kappa shape index (κ2) is 46.0. The van der Waals surface area contributed by atoms with Gasteiger partial charge in [0, 0.05) is 18.1 Å². The van der Waals surface area contributed by atoms with E-state index in [1.165, 1.54) is 96.3 Å². The van der Waals surface area contributed by atoms with Crippen molar-refractivity contribution < 1.29 is 39.0 Å². The maximum absolute atomic E-state index is 4.58. The molecule has 0 atom stereocenters. The van der Waals surface area contributed by atoms with Crippen LogP contribution in [0.15, 0.2) is 0 Å². The Morgan fingerprint density at radius 2 is 0.683 bits per heavy atom. The van der Waals surface area contributed by atoms with E-state index in [1.54, 1.807) is 0 Å². The zero-order valence-electron chi connectivity index (χ0n) is 27.6. The van der Waals surface area contributed by atoms with Gasteiger partial charge in [-0.2, -0.15) is 6.42 Å². The van der Waals surface area contributed by atoms with Crippen molar-refractivity contribution >= 4 is 87.5 Å². The van der Waals surface area contributed by atoms with Crippen LogP contribution in [0, 0.1) is 6.92 Å². The summed E-state index contributed by atoms with van der Waals surface area (Å²) in [6.45, 7) is 18.2. The second-order valence-corrected chi connectivity index (χ2v) is 13.8. The van der Waals surface area contributed by atoms with Crippen LogP contribution in [0.5, 0.6) is 0 Å². The van der Waals surface area contributed by atoms with Gasteiger partial charge in [0.05, 0.1) is 0 Å². The minimum Gasteiger partial charge on any atom is -0.412 e. The molecule has 0 rings (SSSR count). The van der Waals surface area contributed by atoms with Gasteiger partial charge in [-0.1, -0.05) is 116 Å². The molecule has 0 aromatic carbocycles. The molecular formula is C30H61N3S6Zn2. The fourth-order valence-electron chi connectivity index (χ4n) is 3.26. The summed E-state index contributed by atoms with van der Waals surface area (Å²) in [5, 5.41) is 8.56. The van der Waals surface area contributed by atoms with Gasteiger partial charge in [-0.15, -0.1) is 0 Å². The number of hydrogen-bond donors (Lipinski definition) is 3. The quantitative estimate of drug-likeness (QED) is 0.0414. The first-order valence-electron chi connectivity index (χ1n) is 15.0. The van der Waals surface area contributed by atoms with Gasteiger partial charge in [-0.05, 0) is 41.5 Å². The molecule has 0 radical (unpaired) electrons.